The Kier molecular flexibility index (Phi) is 2.35. The van der Waals surface area contributed by atoms with E-state index >= 15 is 0 Å². The third kappa shape index (κ3) is 1.84. The summed E-state index contributed by atoms with van der Waals surface area (Å²) in [6, 6.07) is 5.87. The normalized spacial score (nSPS) is 13.7. The number of rotatable bonds is 2. The molecule has 1 aromatic rings. The molecule has 0 fully saturated rings. The third-order valence-corrected chi connectivity index (χ3v) is 2.40. The zero-order valence-electron chi connectivity index (χ0n) is 7.86. The van der Waals surface area contributed by atoms with Crippen LogP contribution in [0.5, 0.6) is 0 Å². The number of carbonyl (C=O) groups is 1. The van der Waals surface area contributed by atoms with Crippen molar-refractivity contribution in [1.82, 2.24) is 0 Å². The number of aliphatic carboxylic acids is 1. The highest BCUT2D eigenvalue weighted by Crippen LogP contribution is 1.98. The van der Waals surface area contributed by atoms with E-state index in [1.165, 1.54) is 10.4 Å². The fourth-order valence-electron chi connectivity index (χ4n) is 1.75. The highest BCUT2D eigenvalue weighted by Gasteiger charge is 2.00. The smallest absolute Gasteiger partial charge is 0.307 e. The van der Waals surface area contributed by atoms with Crippen LogP contribution in [-0.2, 0) is 11.2 Å². The maximum absolute atomic E-state index is 10.5. The molecule has 0 saturated carbocycles. The van der Waals surface area contributed by atoms with Crippen molar-refractivity contribution in [2.75, 3.05) is 0 Å². The predicted octanol–water partition coefficient (Wildman–Crippen LogP) is 0.668. The number of carboxylic acids is 1. The average molecular weight is 188 g/mol. The van der Waals surface area contributed by atoms with Crippen LogP contribution in [0.4, 0.5) is 0 Å². The van der Waals surface area contributed by atoms with Crippen LogP contribution in [0.1, 0.15) is 18.4 Å². The standard InChI is InChI=1S/C12H12O2/c13-12(14)8-9-5-6-10-3-1-2-4-11(10)7-9/h3-7H,1-2,8H2,(H,13,14). The molecule has 0 heterocycles. The topological polar surface area (TPSA) is 37.3 Å². The fourth-order valence-corrected chi connectivity index (χ4v) is 1.75. The number of carboxylic acid groups (broad SMARTS) is 1. The van der Waals surface area contributed by atoms with Gasteiger partial charge >= 0.3 is 5.97 Å². The minimum absolute atomic E-state index is 0.112. The summed E-state index contributed by atoms with van der Waals surface area (Å²) in [4.78, 5) is 10.5. The molecule has 0 atom stereocenters. The van der Waals surface area contributed by atoms with Gasteiger partial charge in [-0.05, 0) is 28.8 Å². The first kappa shape index (κ1) is 9.00. The summed E-state index contributed by atoms with van der Waals surface area (Å²) in [5, 5.41) is 11.1. The summed E-state index contributed by atoms with van der Waals surface area (Å²) in [5.41, 5.74) is 0.878. The molecule has 1 aromatic carbocycles. The average Bonchev–Trinajstić information content (AvgIpc) is 2.17. The Balaban J connectivity index is 2.45. The van der Waals surface area contributed by atoms with E-state index in [-0.39, 0.29) is 6.42 Å². The van der Waals surface area contributed by atoms with Gasteiger partial charge in [-0.3, -0.25) is 4.79 Å². The van der Waals surface area contributed by atoms with Crippen LogP contribution in [0.2, 0.25) is 0 Å². The lowest BCUT2D eigenvalue weighted by Gasteiger charge is -2.02. The van der Waals surface area contributed by atoms with Crippen molar-refractivity contribution in [2.24, 2.45) is 0 Å². The van der Waals surface area contributed by atoms with Gasteiger partial charge in [-0.25, -0.2) is 0 Å². The maximum atomic E-state index is 10.5. The molecule has 2 rings (SSSR count). The molecule has 1 N–H and O–H groups in total. The van der Waals surface area contributed by atoms with Gasteiger partial charge in [0, 0.05) is 0 Å². The molecular weight excluding hydrogens is 176 g/mol. The highest BCUT2D eigenvalue weighted by atomic mass is 16.4. The molecule has 0 saturated heterocycles. The van der Waals surface area contributed by atoms with Gasteiger partial charge in [0.2, 0.25) is 0 Å². The molecule has 1 aliphatic rings. The summed E-state index contributed by atoms with van der Waals surface area (Å²) in [7, 11) is 0. The van der Waals surface area contributed by atoms with E-state index in [2.05, 4.69) is 12.2 Å². The van der Waals surface area contributed by atoms with E-state index in [1.807, 2.05) is 18.2 Å². The van der Waals surface area contributed by atoms with Crippen molar-refractivity contribution in [1.29, 1.82) is 0 Å². The molecule has 0 amide bonds. The van der Waals surface area contributed by atoms with Crippen LogP contribution in [0.25, 0.3) is 12.2 Å². The summed E-state index contributed by atoms with van der Waals surface area (Å²) in [6.45, 7) is 0. The highest BCUT2D eigenvalue weighted by molar-refractivity contribution is 5.70. The van der Waals surface area contributed by atoms with Crippen LogP contribution in [0.3, 0.4) is 0 Å². The quantitative estimate of drug-likeness (QED) is 0.740. The lowest BCUT2D eigenvalue weighted by Crippen LogP contribution is -2.27. The molecule has 0 aromatic heterocycles. The fraction of sp³-hybridized carbons (Fsp3) is 0.250. The van der Waals surface area contributed by atoms with E-state index in [9.17, 15) is 4.79 Å². The largest absolute Gasteiger partial charge is 0.481 e. The second kappa shape index (κ2) is 3.66. The summed E-state index contributed by atoms with van der Waals surface area (Å²) in [6.07, 6.45) is 6.62. The molecule has 0 bridgehead atoms. The lowest BCUT2D eigenvalue weighted by molar-refractivity contribution is -0.136. The van der Waals surface area contributed by atoms with Crippen LogP contribution in [0, 0.1) is 0 Å². The van der Waals surface area contributed by atoms with Crippen LogP contribution < -0.4 is 10.4 Å². The van der Waals surface area contributed by atoms with E-state index in [1.54, 1.807) is 0 Å². The van der Waals surface area contributed by atoms with Crippen molar-refractivity contribution in [3.63, 3.8) is 0 Å². The number of fused-ring (bicyclic) bond motifs is 1. The number of hydrogen-bond acceptors (Lipinski definition) is 1. The second-order valence-electron chi connectivity index (χ2n) is 3.52. The van der Waals surface area contributed by atoms with Crippen molar-refractivity contribution in [3.8, 4) is 0 Å². The number of hydrogen-bond donors (Lipinski definition) is 1. The Labute approximate surface area is 82.2 Å². The molecule has 14 heavy (non-hydrogen) atoms. The first-order chi connectivity index (χ1) is 6.75. The molecule has 0 aliphatic heterocycles. The van der Waals surface area contributed by atoms with Gasteiger partial charge < -0.3 is 5.11 Å². The first-order valence-corrected chi connectivity index (χ1v) is 4.77. The molecule has 2 heteroatoms. The Morgan fingerprint density at radius 1 is 1.21 bits per heavy atom. The van der Waals surface area contributed by atoms with Gasteiger partial charge in [-0.2, -0.15) is 0 Å². The second-order valence-corrected chi connectivity index (χ2v) is 3.52. The van der Waals surface area contributed by atoms with Crippen LogP contribution in [-0.4, -0.2) is 11.1 Å². The lowest BCUT2D eigenvalue weighted by atomic mass is 10.0. The van der Waals surface area contributed by atoms with Gasteiger partial charge in [0.1, 0.15) is 0 Å². The zero-order valence-corrected chi connectivity index (χ0v) is 7.86. The van der Waals surface area contributed by atoms with Crippen molar-refractivity contribution >= 4 is 18.1 Å². The van der Waals surface area contributed by atoms with Crippen molar-refractivity contribution in [3.05, 3.63) is 34.2 Å². The molecule has 1 aliphatic carbocycles. The predicted molar refractivity (Wildman–Crippen MR) is 55.2 cm³/mol. The van der Waals surface area contributed by atoms with E-state index < -0.39 is 5.97 Å². The minimum atomic E-state index is -0.773. The van der Waals surface area contributed by atoms with E-state index in [4.69, 9.17) is 5.11 Å². The molecule has 0 spiro atoms. The first-order valence-electron chi connectivity index (χ1n) is 4.77. The Bertz CT molecular complexity index is 472. The third-order valence-electron chi connectivity index (χ3n) is 2.40. The zero-order chi connectivity index (χ0) is 9.97. The van der Waals surface area contributed by atoms with Crippen molar-refractivity contribution in [2.45, 2.75) is 19.3 Å². The van der Waals surface area contributed by atoms with Gasteiger partial charge in [0.15, 0.2) is 0 Å². The molecule has 2 nitrogen and oxygen atoms in total. The van der Waals surface area contributed by atoms with Crippen LogP contribution in [0.15, 0.2) is 18.2 Å². The molecule has 72 valence electrons. The van der Waals surface area contributed by atoms with Crippen molar-refractivity contribution < 1.29 is 9.90 Å². The maximum Gasteiger partial charge on any atom is 0.307 e. The summed E-state index contributed by atoms with van der Waals surface area (Å²) in [5.74, 6) is -0.773. The van der Waals surface area contributed by atoms with E-state index in [0.29, 0.717) is 0 Å². The van der Waals surface area contributed by atoms with Gasteiger partial charge in [-0.15, -0.1) is 0 Å². The minimum Gasteiger partial charge on any atom is -0.481 e. The number of benzene rings is 1. The molecule has 0 radical (unpaired) electrons. The Morgan fingerprint density at radius 2 is 1.93 bits per heavy atom. The summed E-state index contributed by atoms with van der Waals surface area (Å²) >= 11 is 0. The summed E-state index contributed by atoms with van der Waals surface area (Å²) < 4.78 is 0. The molecular formula is C12H12O2. The van der Waals surface area contributed by atoms with E-state index in [0.717, 1.165) is 18.4 Å². The SMILES string of the molecule is O=C(O)Cc1ccc2c(c1)=CCCC=2. The van der Waals surface area contributed by atoms with Gasteiger partial charge in [0.25, 0.3) is 0 Å². The van der Waals surface area contributed by atoms with Gasteiger partial charge in [0.05, 0.1) is 6.42 Å². The van der Waals surface area contributed by atoms with Gasteiger partial charge in [-0.1, -0.05) is 30.4 Å². The Morgan fingerprint density at radius 3 is 2.64 bits per heavy atom. The van der Waals surface area contributed by atoms with Crippen LogP contribution >= 0.6 is 0 Å². The monoisotopic (exact) mass is 188 g/mol. The molecule has 0 unspecified atom stereocenters. The Hall–Kier alpha value is -1.57.